The van der Waals surface area contributed by atoms with Crippen LogP contribution in [0.1, 0.15) is 18.5 Å². The minimum Gasteiger partial charge on any atom is -0.362 e. The molecule has 5 rings (SSSR count). The van der Waals surface area contributed by atoms with Crippen molar-refractivity contribution in [1.82, 2.24) is 29.9 Å². The second kappa shape index (κ2) is 6.90. The maximum atomic E-state index is 14.4. The van der Waals surface area contributed by atoms with E-state index in [-0.39, 0.29) is 11.9 Å². The van der Waals surface area contributed by atoms with Gasteiger partial charge in [0.15, 0.2) is 11.5 Å². The Morgan fingerprint density at radius 2 is 2.00 bits per heavy atom. The fourth-order valence-corrected chi connectivity index (χ4v) is 3.40. The normalized spacial score (nSPS) is 12.3. The molecule has 4 heterocycles. The second-order valence-electron chi connectivity index (χ2n) is 6.67. The lowest BCUT2D eigenvalue weighted by Crippen LogP contribution is -2.11. The number of pyridine rings is 2. The van der Waals surface area contributed by atoms with E-state index in [1.165, 1.54) is 12.4 Å². The van der Waals surface area contributed by atoms with Crippen LogP contribution in [0, 0.1) is 5.82 Å². The Morgan fingerprint density at radius 1 is 1.07 bits per heavy atom. The maximum absolute atomic E-state index is 14.4. The number of H-pyrrole nitrogens is 1. The van der Waals surface area contributed by atoms with Crippen LogP contribution in [-0.4, -0.2) is 29.9 Å². The number of nitrogens with zero attached hydrogens (tertiary/aromatic N) is 5. The molecule has 0 fully saturated rings. The van der Waals surface area contributed by atoms with Gasteiger partial charge >= 0.3 is 0 Å². The summed E-state index contributed by atoms with van der Waals surface area (Å²) in [6.45, 7) is 2.00. The lowest BCUT2D eigenvalue weighted by Gasteiger charge is -2.19. The number of halogens is 1. The molecule has 8 heteroatoms. The van der Waals surface area contributed by atoms with Gasteiger partial charge in [-0.1, -0.05) is 12.1 Å². The smallest absolute Gasteiger partial charge is 0.162 e. The molecule has 0 aliphatic carbocycles. The molecule has 0 bridgehead atoms. The molecule has 0 spiro atoms. The summed E-state index contributed by atoms with van der Waals surface area (Å²) >= 11 is 0. The average molecular weight is 385 g/mol. The molecule has 1 aromatic carbocycles. The van der Waals surface area contributed by atoms with Gasteiger partial charge in [0.2, 0.25) is 0 Å². The van der Waals surface area contributed by atoms with Gasteiger partial charge in [0.1, 0.15) is 23.2 Å². The zero-order valence-corrected chi connectivity index (χ0v) is 15.5. The topological polar surface area (TPSA) is 92.3 Å². The Balaban J connectivity index is 1.65. The van der Waals surface area contributed by atoms with E-state index in [0.29, 0.717) is 28.2 Å². The first-order chi connectivity index (χ1) is 14.2. The van der Waals surface area contributed by atoms with Gasteiger partial charge in [-0.25, -0.2) is 24.3 Å². The number of rotatable bonds is 4. The van der Waals surface area contributed by atoms with Crippen LogP contribution in [0.2, 0.25) is 0 Å². The van der Waals surface area contributed by atoms with Crippen LogP contribution in [0.25, 0.3) is 33.3 Å². The summed E-state index contributed by atoms with van der Waals surface area (Å²) in [6.07, 6.45) is 6.48. The Bertz CT molecular complexity index is 1320. The summed E-state index contributed by atoms with van der Waals surface area (Å²) in [5, 5.41) is 4.12. The number of nitrogens with one attached hydrogen (secondary N) is 2. The number of aromatic nitrogens is 6. The molecule has 4 aromatic heterocycles. The molecule has 0 amide bonds. The van der Waals surface area contributed by atoms with E-state index in [2.05, 4.69) is 35.2 Å². The Morgan fingerprint density at radius 3 is 2.86 bits per heavy atom. The summed E-state index contributed by atoms with van der Waals surface area (Å²) in [7, 11) is 0. The highest BCUT2D eigenvalue weighted by molar-refractivity contribution is 5.85. The average Bonchev–Trinajstić information content (AvgIpc) is 3.24. The number of aromatic amines is 1. The number of anilines is 1. The Kier molecular flexibility index (Phi) is 4.09. The van der Waals surface area contributed by atoms with Gasteiger partial charge in [-0.2, -0.15) is 0 Å². The van der Waals surface area contributed by atoms with Crippen molar-refractivity contribution in [3.05, 3.63) is 72.8 Å². The predicted molar refractivity (Wildman–Crippen MR) is 109 cm³/mol. The van der Waals surface area contributed by atoms with Crippen molar-refractivity contribution in [2.45, 2.75) is 13.0 Å². The highest BCUT2D eigenvalue weighted by Crippen LogP contribution is 2.32. The van der Waals surface area contributed by atoms with Gasteiger partial charge in [-0.15, -0.1) is 0 Å². The molecule has 142 valence electrons. The van der Waals surface area contributed by atoms with Crippen LogP contribution < -0.4 is 5.32 Å². The first-order valence-electron chi connectivity index (χ1n) is 9.11. The van der Waals surface area contributed by atoms with E-state index < -0.39 is 0 Å². The van der Waals surface area contributed by atoms with Gasteiger partial charge in [0, 0.05) is 28.9 Å². The lowest BCUT2D eigenvalue weighted by atomic mass is 9.99. The summed E-state index contributed by atoms with van der Waals surface area (Å²) in [5.74, 6) is 0.258. The van der Waals surface area contributed by atoms with Gasteiger partial charge in [-0.05, 0) is 31.2 Å². The molecule has 0 aliphatic heterocycles. The van der Waals surface area contributed by atoms with E-state index in [1.54, 1.807) is 24.8 Å². The minimum absolute atomic E-state index is 0.180. The van der Waals surface area contributed by atoms with E-state index >= 15 is 0 Å². The van der Waals surface area contributed by atoms with Gasteiger partial charge in [0.05, 0.1) is 18.1 Å². The maximum Gasteiger partial charge on any atom is 0.162 e. The fraction of sp³-hybridized carbons (Fsp3) is 0.0952. The summed E-state index contributed by atoms with van der Waals surface area (Å²) in [6, 6.07) is 10.5. The van der Waals surface area contributed by atoms with Crippen LogP contribution in [0.4, 0.5) is 10.2 Å². The van der Waals surface area contributed by atoms with Crippen molar-refractivity contribution in [3.63, 3.8) is 0 Å². The van der Waals surface area contributed by atoms with Gasteiger partial charge < -0.3 is 10.3 Å². The Labute approximate surface area is 165 Å². The van der Waals surface area contributed by atoms with Gasteiger partial charge in [-0.3, -0.25) is 4.98 Å². The van der Waals surface area contributed by atoms with Crippen molar-refractivity contribution in [3.8, 4) is 11.3 Å². The van der Waals surface area contributed by atoms with Crippen LogP contribution >= 0.6 is 0 Å². The summed E-state index contributed by atoms with van der Waals surface area (Å²) < 4.78 is 14.4. The van der Waals surface area contributed by atoms with Crippen molar-refractivity contribution >= 4 is 27.9 Å². The Hall–Kier alpha value is -3.94. The van der Waals surface area contributed by atoms with E-state index in [9.17, 15) is 4.39 Å². The van der Waals surface area contributed by atoms with Crippen LogP contribution in [0.5, 0.6) is 0 Å². The van der Waals surface area contributed by atoms with Crippen LogP contribution in [-0.2, 0) is 0 Å². The molecule has 1 atom stereocenters. The molecular weight excluding hydrogens is 369 g/mol. The number of fused-ring (bicyclic) bond motifs is 2. The minimum atomic E-state index is -0.353. The SMILES string of the molecule is CC(Nc1ncnc2[nH]cnc12)c1cc2cccc(F)c2nc1-c1cccnc1. The monoisotopic (exact) mass is 385 g/mol. The molecule has 7 nitrogen and oxygen atoms in total. The molecule has 0 aliphatic rings. The summed E-state index contributed by atoms with van der Waals surface area (Å²) in [4.78, 5) is 24.6. The van der Waals surface area contributed by atoms with Crippen LogP contribution in [0.15, 0.2) is 61.4 Å². The predicted octanol–water partition coefficient (Wildman–Crippen LogP) is 4.28. The first-order valence-corrected chi connectivity index (χ1v) is 9.11. The number of imidazole rings is 1. The molecule has 1 unspecified atom stereocenters. The largest absolute Gasteiger partial charge is 0.362 e. The van der Waals surface area contributed by atoms with Crippen molar-refractivity contribution in [2.75, 3.05) is 5.32 Å². The second-order valence-corrected chi connectivity index (χ2v) is 6.67. The molecule has 2 N–H and O–H groups in total. The standard InChI is InChI=1S/C21H16FN7/c1-12(28-21-19-20(25-10-24-19)26-11-27-21)15-8-13-4-2-6-16(22)18(13)29-17(15)14-5-3-7-23-9-14/h2-12H,1H3,(H2,24,25,26,27,28). The number of para-hydroxylation sites is 1. The highest BCUT2D eigenvalue weighted by Gasteiger charge is 2.18. The number of hydrogen-bond donors (Lipinski definition) is 2. The van der Waals surface area contributed by atoms with E-state index in [0.717, 1.165) is 16.5 Å². The number of hydrogen-bond acceptors (Lipinski definition) is 6. The molecule has 29 heavy (non-hydrogen) atoms. The van der Waals surface area contributed by atoms with Crippen molar-refractivity contribution < 1.29 is 4.39 Å². The third-order valence-electron chi connectivity index (χ3n) is 4.80. The zero-order chi connectivity index (χ0) is 19.8. The molecule has 5 aromatic rings. The molecular formula is C21H16FN7. The van der Waals surface area contributed by atoms with Crippen molar-refractivity contribution in [2.24, 2.45) is 0 Å². The third kappa shape index (κ3) is 3.04. The van der Waals surface area contributed by atoms with Crippen molar-refractivity contribution in [1.29, 1.82) is 0 Å². The first kappa shape index (κ1) is 17.2. The highest BCUT2D eigenvalue weighted by atomic mass is 19.1. The van der Waals surface area contributed by atoms with Crippen LogP contribution in [0.3, 0.4) is 0 Å². The fourth-order valence-electron chi connectivity index (χ4n) is 3.40. The molecule has 0 radical (unpaired) electrons. The number of benzene rings is 1. The third-order valence-corrected chi connectivity index (χ3v) is 4.80. The summed E-state index contributed by atoms with van der Waals surface area (Å²) in [5.41, 5.74) is 4.03. The molecule has 0 saturated heterocycles. The molecule has 0 saturated carbocycles. The van der Waals surface area contributed by atoms with E-state index in [4.69, 9.17) is 0 Å². The van der Waals surface area contributed by atoms with Gasteiger partial charge in [0.25, 0.3) is 0 Å². The zero-order valence-electron chi connectivity index (χ0n) is 15.5. The quantitative estimate of drug-likeness (QED) is 0.480. The van der Waals surface area contributed by atoms with E-state index in [1.807, 2.05) is 31.2 Å². The lowest BCUT2D eigenvalue weighted by molar-refractivity contribution is 0.636.